The summed E-state index contributed by atoms with van der Waals surface area (Å²) in [5.41, 5.74) is 1.54. The third kappa shape index (κ3) is 3.31. The Morgan fingerprint density at radius 3 is 2.95 bits per heavy atom. The molecule has 0 atom stereocenters. The smallest absolute Gasteiger partial charge is 0.267 e. The number of thiophene rings is 1. The lowest BCUT2D eigenvalue weighted by molar-refractivity contribution is 0.0945. The van der Waals surface area contributed by atoms with Gasteiger partial charge in [0.15, 0.2) is 0 Å². The first-order chi connectivity index (χ1) is 9.72. The Morgan fingerprint density at radius 1 is 1.40 bits per heavy atom. The van der Waals surface area contributed by atoms with Gasteiger partial charge < -0.3 is 10.3 Å². The SMILES string of the molecule is O=C(NCCN1CCSCC1)c1cc2sc(Cl)cc2[nH]1. The highest BCUT2D eigenvalue weighted by Gasteiger charge is 2.13. The van der Waals surface area contributed by atoms with E-state index in [4.69, 9.17) is 11.6 Å². The summed E-state index contributed by atoms with van der Waals surface area (Å²) in [6, 6.07) is 3.71. The summed E-state index contributed by atoms with van der Waals surface area (Å²) in [5.74, 6) is 2.35. The van der Waals surface area contributed by atoms with Crippen molar-refractivity contribution in [2.45, 2.75) is 0 Å². The molecule has 0 aliphatic carbocycles. The first-order valence-corrected chi connectivity index (χ1v) is 8.93. The zero-order chi connectivity index (χ0) is 13.9. The number of hydrogen-bond acceptors (Lipinski definition) is 4. The summed E-state index contributed by atoms with van der Waals surface area (Å²) in [7, 11) is 0. The minimum absolute atomic E-state index is 0.0455. The molecule has 0 aromatic carbocycles. The second kappa shape index (κ2) is 6.39. The number of fused-ring (bicyclic) bond motifs is 1. The minimum atomic E-state index is -0.0455. The highest BCUT2D eigenvalue weighted by atomic mass is 35.5. The van der Waals surface area contributed by atoms with Gasteiger partial charge in [-0.05, 0) is 12.1 Å². The summed E-state index contributed by atoms with van der Waals surface area (Å²) in [6.45, 7) is 3.86. The monoisotopic (exact) mass is 329 g/mol. The van der Waals surface area contributed by atoms with Crippen LogP contribution in [0.25, 0.3) is 10.2 Å². The van der Waals surface area contributed by atoms with Crippen LogP contribution in [0.1, 0.15) is 10.5 Å². The average Bonchev–Trinajstić information content (AvgIpc) is 2.97. The molecule has 4 nitrogen and oxygen atoms in total. The lowest BCUT2D eigenvalue weighted by Gasteiger charge is -2.25. The summed E-state index contributed by atoms with van der Waals surface area (Å²) in [4.78, 5) is 17.5. The second-order valence-corrected chi connectivity index (χ2v) is 7.66. The summed E-state index contributed by atoms with van der Waals surface area (Å²) < 4.78 is 1.76. The zero-order valence-corrected chi connectivity index (χ0v) is 13.3. The second-order valence-electron chi connectivity index (χ2n) is 4.72. The molecule has 7 heteroatoms. The van der Waals surface area contributed by atoms with Crippen LogP contribution in [0.2, 0.25) is 4.34 Å². The first kappa shape index (κ1) is 14.3. The van der Waals surface area contributed by atoms with Gasteiger partial charge in [-0.25, -0.2) is 0 Å². The van der Waals surface area contributed by atoms with Gasteiger partial charge in [-0.15, -0.1) is 11.3 Å². The Labute approximate surface area is 130 Å². The van der Waals surface area contributed by atoms with Crippen molar-refractivity contribution in [1.82, 2.24) is 15.2 Å². The number of aromatic amines is 1. The van der Waals surface area contributed by atoms with E-state index in [2.05, 4.69) is 15.2 Å². The van der Waals surface area contributed by atoms with Gasteiger partial charge in [0.25, 0.3) is 5.91 Å². The fraction of sp³-hybridized carbons (Fsp3) is 0.462. The molecule has 1 fully saturated rings. The van der Waals surface area contributed by atoms with Crippen molar-refractivity contribution in [3.8, 4) is 0 Å². The van der Waals surface area contributed by atoms with E-state index in [1.54, 1.807) is 0 Å². The lowest BCUT2D eigenvalue weighted by atomic mass is 10.4. The number of H-pyrrole nitrogens is 1. The van der Waals surface area contributed by atoms with E-state index >= 15 is 0 Å². The molecule has 20 heavy (non-hydrogen) atoms. The normalized spacial score (nSPS) is 16.6. The topological polar surface area (TPSA) is 48.1 Å². The van der Waals surface area contributed by atoms with Crippen molar-refractivity contribution >= 4 is 50.8 Å². The van der Waals surface area contributed by atoms with E-state index < -0.39 is 0 Å². The van der Waals surface area contributed by atoms with Crippen LogP contribution in [0.15, 0.2) is 12.1 Å². The fourth-order valence-electron chi connectivity index (χ4n) is 2.26. The lowest BCUT2D eigenvalue weighted by Crippen LogP contribution is -2.39. The van der Waals surface area contributed by atoms with Crippen molar-refractivity contribution in [1.29, 1.82) is 0 Å². The number of rotatable bonds is 4. The molecule has 1 aliphatic rings. The van der Waals surface area contributed by atoms with E-state index in [0.29, 0.717) is 12.2 Å². The quantitative estimate of drug-likeness (QED) is 0.906. The number of carbonyl (C=O) groups excluding carboxylic acids is 1. The van der Waals surface area contributed by atoms with E-state index in [-0.39, 0.29) is 5.91 Å². The number of thioether (sulfide) groups is 1. The van der Waals surface area contributed by atoms with Crippen LogP contribution < -0.4 is 5.32 Å². The van der Waals surface area contributed by atoms with Crippen molar-refractivity contribution in [3.05, 3.63) is 22.2 Å². The van der Waals surface area contributed by atoms with Crippen LogP contribution in [0, 0.1) is 0 Å². The maximum absolute atomic E-state index is 12.0. The van der Waals surface area contributed by atoms with Crippen molar-refractivity contribution in [2.75, 3.05) is 37.7 Å². The van der Waals surface area contributed by atoms with Gasteiger partial charge in [-0.2, -0.15) is 11.8 Å². The molecule has 1 saturated heterocycles. The van der Waals surface area contributed by atoms with Crippen LogP contribution in [-0.2, 0) is 0 Å². The van der Waals surface area contributed by atoms with Crippen LogP contribution in [-0.4, -0.2) is 53.5 Å². The summed E-state index contributed by atoms with van der Waals surface area (Å²) in [5, 5.41) is 2.96. The van der Waals surface area contributed by atoms with Gasteiger partial charge >= 0.3 is 0 Å². The number of carbonyl (C=O) groups is 1. The minimum Gasteiger partial charge on any atom is -0.350 e. The molecule has 3 heterocycles. The first-order valence-electron chi connectivity index (χ1n) is 6.59. The molecule has 1 aliphatic heterocycles. The summed E-state index contributed by atoms with van der Waals surface area (Å²) in [6.07, 6.45) is 0. The van der Waals surface area contributed by atoms with Crippen LogP contribution in [0.4, 0.5) is 0 Å². The third-order valence-corrected chi connectivity index (χ3v) is 5.49. The van der Waals surface area contributed by atoms with Crippen molar-refractivity contribution in [3.63, 3.8) is 0 Å². The van der Waals surface area contributed by atoms with E-state index in [1.165, 1.54) is 22.8 Å². The largest absolute Gasteiger partial charge is 0.350 e. The molecule has 0 radical (unpaired) electrons. The predicted octanol–water partition coefficient (Wildman–Crippen LogP) is 2.66. The molecular weight excluding hydrogens is 314 g/mol. The Kier molecular flexibility index (Phi) is 4.55. The Balaban J connectivity index is 1.51. The highest BCUT2D eigenvalue weighted by Crippen LogP contribution is 2.29. The zero-order valence-electron chi connectivity index (χ0n) is 10.9. The molecule has 1 amide bonds. The number of nitrogens with zero attached hydrogens (tertiary/aromatic N) is 1. The van der Waals surface area contributed by atoms with E-state index in [0.717, 1.165) is 34.2 Å². The maximum Gasteiger partial charge on any atom is 0.267 e. The Bertz CT molecular complexity index is 572. The van der Waals surface area contributed by atoms with Gasteiger partial charge in [0.05, 0.1) is 14.6 Å². The van der Waals surface area contributed by atoms with Gasteiger partial charge in [0, 0.05) is 37.7 Å². The molecule has 2 N–H and O–H groups in total. The number of hydrogen-bond donors (Lipinski definition) is 2. The van der Waals surface area contributed by atoms with Gasteiger partial charge in [-0.3, -0.25) is 9.69 Å². The van der Waals surface area contributed by atoms with E-state index in [9.17, 15) is 4.79 Å². The molecule has 2 aromatic rings. The van der Waals surface area contributed by atoms with Crippen LogP contribution >= 0.6 is 34.7 Å². The maximum atomic E-state index is 12.0. The number of nitrogens with one attached hydrogen (secondary N) is 2. The van der Waals surface area contributed by atoms with Gasteiger partial charge in [0.2, 0.25) is 0 Å². The van der Waals surface area contributed by atoms with Crippen LogP contribution in [0.5, 0.6) is 0 Å². The molecule has 2 aromatic heterocycles. The number of amides is 1. The van der Waals surface area contributed by atoms with Crippen LogP contribution in [0.3, 0.4) is 0 Å². The molecule has 108 valence electrons. The number of halogens is 1. The number of aromatic nitrogens is 1. The third-order valence-electron chi connectivity index (χ3n) is 3.34. The molecular formula is C13H16ClN3OS2. The molecule has 0 spiro atoms. The van der Waals surface area contributed by atoms with E-state index in [1.807, 2.05) is 23.9 Å². The molecule has 0 saturated carbocycles. The molecule has 0 bridgehead atoms. The van der Waals surface area contributed by atoms with Gasteiger partial charge in [0.1, 0.15) is 5.69 Å². The van der Waals surface area contributed by atoms with Crippen molar-refractivity contribution in [2.24, 2.45) is 0 Å². The average molecular weight is 330 g/mol. The Hall–Kier alpha value is -0.690. The summed E-state index contributed by atoms with van der Waals surface area (Å²) >= 11 is 9.39. The van der Waals surface area contributed by atoms with Crippen molar-refractivity contribution < 1.29 is 4.79 Å². The Morgan fingerprint density at radius 2 is 2.20 bits per heavy atom. The fourth-order valence-corrected chi connectivity index (χ4v) is 4.38. The molecule has 0 unspecified atom stereocenters. The standard InChI is InChI=1S/C13H16ClN3OS2/c14-12-8-9-11(20-12)7-10(16-9)13(18)15-1-2-17-3-5-19-6-4-17/h7-8,16H,1-6H2,(H,15,18). The van der Waals surface area contributed by atoms with Gasteiger partial charge in [-0.1, -0.05) is 11.6 Å². The highest BCUT2D eigenvalue weighted by molar-refractivity contribution is 7.99. The molecule has 3 rings (SSSR count). The predicted molar refractivity (Wildman–Crippen MR) is 87.3 cm³/mol.